The molecule has 5 heteroatoms. The fourth-order valence-electron chi connectivity index (χ4n) is 1.34. The van der Waals surface area contributed by atoms with Crippen molar-refractivity contribution in [3.8, 4) is 0 Å². The van der Waals surface area contributed by atoms with Gasteiger partial charge in [-0.3, -0.25) is 4.79 Å². The van der Waals surface area contributed by atoms with Crippen LogP contribution in [0, 0.1) is 6.92 Å². The molecule has 0 bridgehead atoms. The molecule has 0 fully saturated rings. The van der Waals surface area contributed by atoms with E-state index in [1.165, 1.54) is 0 Å². The van der Waals surface area contributed by atoms with E-state index in [0.29, 0.717) is 6.42 Å². The maximum atomic E-state index is 11.5. The van der Waals surface area contributed by atoms with Gasteiger partial charge in [0.1, 0.15) is 0 Å². The molecule has 0 spiro atoms. The van der Waals surface area contributed by atoms with Crippen LogP contribution in [0.3, 0.4) is 0 Å². The molecule has 1 aromatic rings. The van der Waals surface area contributed by atoms with E-state index in [2.05, 4.69) is 15.2 Å². The van der Waals surface area contributed by atoms with E-state index in [-0.39, 0.29) is 5.91 Å². The lowest BCUT2D eigenvalue weighted by Crippen LogP contribution is -2.28. The quantitative estimate of drug-likeness (QED) is 0.758. The van der Waals surface area contributed by atoms with Crippen LogP contribution in [-0.2, 0) is 11.2 Å². The largest absolute Gasteiger partial charge is 0.356 e. The molecule has 0 saturated carbocycles. The Kier molecular flexibility index (Phi) is 5.42. The molecule has 0 unspecified atom stereocenters. The minimum Gasteiger partial charge on any atom is -0.356 e. The van der Waals surface area contributed by atoms with Gasteiger partial charge in [0.2, 0.25) is 5.91 Å². The summed E-state index contributed by atoms with van der Waals surface area (Å²) in [6, 6.07) is 0. The van der Waals surface area contributed by atoms with Crippen molar-refractivity contribution in [3.63, 3.8) is 0 Å². The number of nitrogens with one attached hydrogen (secondary N) is 1. The van der Waals surface area contributed by atoms with E-state index >= 15 is 0 Å². The monoisotopic (exact) mass is 241 g/mol. The van der Waals surface area contributed by atoms with Crippen LogP contribution in [-0.4, -0.2) is 43.0 Å². The smallest absolute Gasteiger partial charge is 0.226 e. The molecule has 0 aromatic carbocycles. The Hall–Kier alpha value is -0.940. The van der Waals surface area contributed by atoms with Crippen LogP contribution in [0.15, 0.2) is 5.38 Å². The van der Waals surface area contributed by atoms with Gasteiger partial charge in [-0.15, -0.1) is 11.3 Å². The third-order valence-electron chi connectivity index (χ3n) is 2.11. The van der Waals surface area contributed by atoms with Crippen molar-refractivity contribution in [1.29, 1.82) is 0 Å². The zero-order valence-corrected chi connectivity index (χ0v) is 10.9. The molecule has 1 aromatic heterocycles. The summed E-state index contributed by atoms with van der Waals surface area (Å²) in [5.74, 6) is 0.0593. The molecule has 90 valence electrons. The summed E-state index contributed by atoms with van der Waals surface area (Å²) in [4.78, 5) is 17.9. The molecular formula is C11H19N3OS. The summed E-state index contributed by atoms with van der Waals surface area (Å²) in [6.45, 7) is 3.68. The average Bonchev–Trinajstić information content (AvgIpc) is 2.58. The van der Waals surface area contributed by atoms with E-state index in [9.17, 15) is 4.79 Å². The van der Waals surface area contributed by atoms with E-state index in [4.69, 9.17) is 0 Å². The lowest BCUT2D eigenvalue weighted by Gasteiger charge is -2.09. The lowest BCUT2D eigenvalue weighted by atomic mass is 10.3. The van der Waals surface area contributed by atoms with E-state index in [1.807, 2.05) is 26.4 Å². The van der Waals surface area contributed by atoms with Crippen molar-refractivity contribution >= 4 is 17.2 Å². The highest BCUT2D eigenvalue weighted by Crippen LogP contribution is 2.07. The van der Waals surface area contributed by atoms with Crippen molar-refractivity contribution in [2.75, 3.05) is 27.2 Å². The van der Waals surface area contributed by atoms with Gasteiger partial charge in [0, 0.05) is 11.9 Å². The maximum Gasteiger partial charge on any atom is 0.226 e. The Morgan fingerprint density at radius 1 is 1.56 bits per heavy atom. The van der Waals surface area contributed by atoms with Gasteiger partial charge < -0.3 is 10.2 Å². The molecule has 0 aliphatic heterocycles. The van der Waals surface area contributed by atoms with Crippen LogP contribution in [0.4, 0.5) is 0 Å². The Bertz CT molecular complexity index is 336. The molecule has 0 saturated heterocycles. The minimum atomic E-state index is 0.0593. The zero-order valence-electron chi connectivity index (χ0n) is 10.1. The second-order valence-electron chi connectivity index (χ2n) is 4.04. The highest BCUT2D eigenvalue weighted by atomic mass is 32.1. The SMILES string of the molecule is Cc1nc(CC(=O)NCCCN(C)C)cs1. The molecule has 1 N–H and O–H groups in total. The minimum absolute atomic E-state index is 0.0593. The zero-order chi connectivity index (χ0) is 12.0. The second kappa shape index (κ2) is 6.60. The first kappa shape index (κ1) is 13.1. The number of aromatic nitrogens is 1. The third kappa shape index (κ3) is 5.23. The standard InChI is InChI=1S/C11H19N3OS/c1-9-13-10(8-16-9)7-11(15)12-5-4-6-14(2)3/h8H,4-7H2,1-3H3,(H,12,15). The van der Waals surface area contributed by atoms with Crippen molar-refractivity contribution in [2.45, 2.75) is 19.8 Å². The van der Waals surface area contributed by atoms with Crippen molar-refractivity contribution < 1.29 is 4.79 Å². The lowest BCUT2D eigenvalue weighted by molar-refractivity contribution is -0.120. The molecule has 0 aliphatic rings. The molecular weight excluding hydrogens is 222 g/mol. The maximum absolute atomic E-state index is 11.5. The molecule has 1 amide bonds. The first-order valence-electron chi connectivity index (χ1n) is 5.40. The highest BCUT2D eigenvalue weighted by molar-refractivity contribution is 7.09. The number of nitrogens with zero attached hydrogens (tertiary/aromatic N) is 2. The molecule has 0 aliphatic carbocycles. The Morgan fingerprint density at radius 2 is 2.31 bits per heavy atom. The van der Waals surface area contributed by atoms with E-state index in [0.717, 1.165) is 30.2 Å². The van der Waals surface area contributed by atoms with Gasteiger partial charge in [0.25, 0.3) is 0 Å². The van der Waals surface area contributed by atoms with Crippen molar-refractivity contribution in [3.05, 3.63) is 16.1 Å². The Balaban J connectivity index is 2.16. The molecule has 4 nitrogen and oxygen atoms in total. The Morgan fingerprint density at radius 3 is 2.88 bits per heavy atom. The predicted octanol–water partition coefficient (Wildman–Crippen LogP) is 1.06. The first-order valence-corrected chi connectivity index (χ1v) is 6.28. The Labute approximate surface area is 101 Å². The number of carbonyl (C=O) groups is 1. The van der Waals surface area contributed by atoms with Crippen LogP contribution in [0.2, 0.25) is 0 Å². The van der Waals surface area contributed by atoms with Crippen LogP contribution < -0.4 is 5.32 Å². The summed E-state index contributed by atoms with van der Waals surface area (Å²) in [6.07, 6.45) is 1.38. The van der Waals surface area contributed by atoms with E-state index in [1.54, 1.807) is 11.3 Å². The molecule has 1 heterocycles. The van der Waals surface area contributed by atoms with Gasteiger partial charge in [-0.1, -0.05) is 0 Å². The van der Waals surface area contributed by atoms with Gasteiger partial charge in [-0.2, -0.15) is 0 Å². The van der Waals surface area contributed by atoms with Crippen molar-refractivity contribution in [2.24, 2.45) is 0 Å². The fraction of sp³-hybridized carbons (Fsp3) is 0.636. The van der Waals surface area contributed by atoms with E-state index < -0.39 is 0 Å². The first-order chi connectivity index (χ1) is 7.58. The van der Waals surface area contributed by atoms with Crippen LogP contribution >= 0.6 is 11.3 Å². The summed E-state index contributed by atoms with van der Waals surface area (Å²) in [5.41, 5.74) is 0.868. The molecule has 0 radical (unpaired) electrons. The van der Waals surface area contributed by atoms with Crippen molar-refractivity contribution in [1.82, 2.24) is 15.2 Å². The normalized spacial score (nSPS) is 10.8. The highest BCUT2D eigenvalue weighted by Gasteiger charge is 2.05. The second-order valence-corrected chi connectivity index (χ2v) is 5.10. The summed E-state index contributed by atoms with van der Waals surface area (Å²) >= 11 is 1.58. The van der Waals surface area contributed by atoms with Crippen LogP contribution in [0.25, 0.3) is 0 Å². The summed E-state index contributed by atoms with van der Waals surface area (Å²) < 4.78 is 0. The number of carbonyl (C=O) groups excluding carboxylic acids is 1. The number of aryl methyl sites for hydroxylation is 1. The van der Waals surface area contributed by atoms with Gasteiger partial charge in [0.05, 0.1) is 17.1 Å². The number of amides is 1. The number of hydrogen-bond donors (Lipinski definition) is 1. The number of thiazole rings is 1. The van der Waals surface area contributed by atoms with Gasteiger partial charge >= 0.3 is 0 Å². The fourth-order valence-corrected chi connectivity index (χ4v) is 1.95. The molecule has 1 rings (SSSR count). The summed E-state index contributed by atoms with van der Waals surface area (Å²) in [7, 11) is 4.06. The molecule has 16 heavy (non-hydrogen) atoms. The van der Waals surface area contributed by atoms with Gasteiger partial charge in [-0.05, 0) is 34.0 Å². The van der Waals surface area contributed by atoms with Gasteiger partial charge in [-0.25, -0.2) is 4.98 Å². The molecule has 0 atom stereocenters. The number of hydrogen-bond acceptors (Lipinski definition) is 4. The number of rotatable bonds is 6. The van der Waals surface area contributed by atoms with Crippen LogP contribution in [0.1, 0.15) is 17.1 Å². The summed E-state index contributed by atoms with van der Waals surface area (Å²) in [5, 5.41) is 5.84. The predicted molar refractivity (Wildman–Crippen MR) is 66.7 cm³/mol. The average molecular weight is 241 g/mol. The van der Waals surface area contributed by atoms with Crippen LogP contribution in [0.5, 0.6) is 0 Å². The third-order valence-corrected chi connectivity index (χ3v) is 2.93. The topological polar surface area (TPSA) is 45.2 Å². The van der Waals surface area contributed by atoms with Gasteiger partial charge in [0.15, 0.2) is 0 Å².